The molecule has 0 fully saturated rings. The maximum absolute atomic E-state index is 12.2. The summed E-state index contributed by atoms with van der Waals surface area (Å²) in [7, 11) is 0. The van der Waals surface area contributed by atoms with Crippen LogP contribution in [0.5, 0.6) is 5.75 Å². The second-order valence-corrected chi connectivity index (χ2v) is 5.15. The van der Waals surface area contributed by atoms with E-state index in [0.717, 1.165) is 17.4 Å². The van der Waals surface area contributed by atoms with Crippen LogP contribution in [0.3, 0.4) is 0 Å². The quantitative estimate of drug-likeness (QED) is 0.620. The third-order valence-corrected chi connectivity index (χ3v) is 3.53. The predicted molar refractivity (Wildman–Crippen MR) is 82.3 cm³/mol. The third-order valence-electron chi connectivity index (χ3n) is 3.53. The molecule has 0 unspecified atom stereocenters. The van der Waals surface area contributed by atoms with Gasteiger partial charge in [0.1, 0.15) is 12.0 Å². The van der Waals surface area contributed by atoms with Gasteiger partial charge in [-0.1, -0.05) is 6.07 Å². The Labute approximate surface area is 124 Å². The molecule has 0 bridgehead atoms. The lowest BCUT2D eigenvalue weighted by atomic mass is 9.98. The number of aldehydes is 1. The number of ketones is 1. The van der Waals surface area contributed by atoms with Crippen molar-refractivity contribution in [2.45, 2.75) is 20.8 Å². The van der Waals surface area contributed by atoms with Gasteiger partial charge in [0.15, 0.2) is 12.4 Å². The molecule has 108 valence electrons. The Kier molecular flexibility index (Phi) is 4.53. The highest BCUT2D eigenvalue weighted by atomic mass is 16.5. The van der Waals surface area contributed by atoms with Crippen LogP contribution in [0.1, 0.15) is 37.4 Å². The molecule has 0 spiro atoms. The van der Waals surface area contributed by atoms with Crippen LogP contribution in [0.15, 0.2) is 36.4 Å². The fourth-order valence-electron chi connectivity index (χ4n) is 2.13. The molecule has 0 N–H and O–H groups in total. The number of rotatable bonds is 5. The molecule has 2 rings (SSSR count). The summed E-state index contributed by atoms with van der Waals surface area (Å²) in [6, 6.07) is 10.6. The Morgan fingerprint density at radius 3 is 2.24 bits per heavy atom. The number of aryl methyl sites for hydroxylation is 3. The van der Waals surface area contributed by atoms with Crippen LogP contribution in [-0.2, 0) is 0 Å². The maximum Gasteiger partial charge on any atom is 0.200 e. The van der Waals surface area contributed by atoms with E-state index in [0.29, 0.717) is 16.9 Å². The van der Waals surface area contributed by atoms with Crippen molar-refractivity contribution in [3.63, 3.8) is 0 Å². The number of ether oxygens (including phenoxy) is 1. The van der Waals surface area contributed by atoms with Crippen LogP contribution < -0.4 is 4.74 Å². The van der Waals surface area contributed by atoms with Crippen molar-refractivity contribution in [2.24, 2.45) is 0 Å². The largest absolute Gasteiger partial charge is 0.485 e. The van der Waals surface area contributed by atoms with Crippen molar-refractivity contribution in [2.75, 3.05) is 6.61 Å². The van der Waals surface area contributed by atoms with Gasteiger partial charge in [-0.15, -0.1) is 0 Å². The number of benzene rings is 2. The van der Waals surface area contributed by atoms with Crippen LogP contribution in [0.25, 0.3) is 0 Å². The Hall–Kier alpha value is -2.42. The average Bonchev–Trinajstić information content (AvgIpc) is 2.49. The first kappa shape index (κ1) is 15.0. The summed E-state index contributed by atoms with van der Waals surface area (Å²) in [5, 5.41) is 0. The molecular weight excluding hydrogens is 264 g/mol. The van der Waals surface area contributed by atoms with Gasteiger partial charge < -0.3 is 4.74 Å². The number of carbonyl (C=O) groups is 2. The lowest BCUT2D eigenvalue weighted by Gasteiger charge is -2.10. The first-order valence-corrected chi connectivity index (χ1v) is 6.80. The van der Waals surface area contributed by atoms with Gasteiger partial charge in [0.25, 0.3) is 0 Å². The Balaban J connectivity index is 2.07. The van der Waals surface area contributed by atoms with E-state index in [-0.39, 0.29) is 12.4 Å². The molecule has 21 heavy (non-hydrogen) atoms. The second-order valence-electron chi connectivity index (χ2n) is 5.15. The van der Waals surface area contributed by atoms with Gasteiger partial charge in [-0.2, -0.15) is 0 Å². The van der Waals surface area contributed by atoms with E-state index in [1.54, 1.807) is 24.3 Å². The van der Waals surface area contributed by atoms with Crippen molar-refractivity contribution < 1.29 is 14.3 Å². The van der Waals surface area contributed by atoms with Crippen molar-refractivity contribution in [3.8, 4) is 5.75 Å². The Bertz CT molecular complexity index is 670. The minimum Gasteiger partial charge on any atom is -0.485 e. The molecule has 0 aliphatic carbocycles. The Morgan fingerprint density at radius 1 is 1.00 bits per heavy atom. The summed E-state index contributed by atoms with van der Waals surface area (Å²) in [5.74, 6) is 0.533. The van der Waals surface area contributed by atoms with Gasteiger partial charge in [0.05, 0.1) is 0 Å². The molecule has 0 aromatic heterocycles. The number of hydrogen-bond donors (Lipinski definition) is 0. The summed E-state index contributed by atoms with van der Waals surface area (Å²) >= 11 is 0. The number of carbonyl (C=O) groups excluding carboxylic acids is 2. The Morgan fingerprint density at radius 2 is 1.62 bits per heavy atom. The van der Waals surface area contributed by atoms with E-state index < -0.39 is 0 Å². The highest BCUT2D eigenvalue weighted by Gasteiger charge is 2.11. The first-order valence-electron chi connectivity index (χ1n) is 6.80. The molecule has 0 saturated carbocycles. The fraction of sp³-hybridized carbons (Fsp3) is 0.222. The molecule has 0 aliphatic rings. The van der Waals surface area contributed by atoms with Crippen LogP contribution >= 0.6 is 0 Å². The normalized spacial score (nSPS) is 10.2. The van der Waals surface area contributed by atoms with Gasteiger partial charge >= 0.3 is 0 Å². The van der Waals surface area contributed by atoms with Gasteiger partial charge in [-0.3, -0.25) is 9.59 Å². The van der Waals surface area contributed by atoms with E-state index in [1.165, 1.54) is 5.56 Å². The molecular formula is C18H18O3. The highest BCUT2D eigenvalue weighted by Crippen LogP contribution is 2.17. The molecule has 0 saturated heterocycles. The van der Waals surface area contributed by atoms with E-state index in [2.05, 4.69) is 0 Å². The molecule has 0 atom stereocenters. The molecule has 2 aromatic carbocycles. The minimum absolute atomic E-state index is 0.0101. The topological polar surface area (TPSA) is 43.4 Å². The van der Waals surface area contributed by atoms with Crippen LogP contribution in [-0.4, -0.2) is 18.7 Å². The van der Waals surface area contributed by atoms with Gasteiger partial charge in [0, 0.05) is 11.1 Å². The van der Waals surface area contributed by atoms with E-state index in [4.69, 9.17) is 4.74 Å². The molecule has 3 nitrogen and oxygen atoms in total. The van der Waals surface area contributed by atoms with E-state index in [9.17, 15) is 9.59 Å². The summed E-state index contributed by atoms with van der Waals surface area (Å²) in [5.41, 5.74) is 4.51. The summed E-state index contributed by atoms with van der Waals surface area (Å²) in [6.45, 7) is 5.94. The van der Waals surface area contributed by atoms with E-state index >= 15 is 0 Å². The monoisotopic (exact) mass is 282 g/mol. The van der Waals surface area contributed by atoms with Crippen LogP contribution in [0, 0.1) is 20.8 Å². The summed E-state index contributed by atoms with van der Waals surface area (Å²) in [6.07, 6.45) is 0.771. The molecule has 0 heterocycles. The molecule has 0 aliphatic heterocycles. The smallest absolute Gasteiger partial charge is 0.200 e. The lowest BCUT2D eigenvalue weighted by molar-refractivity contribution is 0.0920. The van der Waals surface area contributed by atoms with Crippen molar-refractivity contribution in [1.29, 1.82) is 0 Å². The average molecular weight is 282 g/mol. The molecule has 0 amide bonds. The minimum atomic E-state index is -0.0462. The molecule has 2 aromatic rings. The molecule has 0 radical (unpaired) electrons. The zero-order chi connectivity index (χ0) is 15.4. The second kappa shape index (κ2) is 6.35. The summed E-state index contributed by atoms with van der Waals surface area (Å²) in [4.78, 5) is 22.8. The van der Waals surface area contributed by atoms with Gasteiger partial charge in [-0.05, 0) is 67.8 Å². The van der Waals surface area contributed by atoms with E-state index in [1.807, 2.05) is 32.9 Å². The highest BCUT2D eigenvalue weighted by molar-refractivity contribution is 5.98. The number of hydrogen-bond acceptors (Lipinski definition) is 3. The maximum atomic E-state index is 12.2. The zero-order valence-electron chi connectivity index (χ0n) is 12.5. The standard InChI is InChI=1S/C18H18O3/c1-12-8-14(3)17(9-13(12)2)18(20)11-21-16-6-4-15(10-19)5-7-16/h4-10H,11H2,1-3H3. The van der Waals surface area contributed by atoms with Gasteiger partial charge in [0.2, 0.25) is 0 Å². The first-order chi connectivity index (χ1) is 10.0. The van der Waals surface area contributed by atoms with Crippen LogP contribution in [0.4, 0.5) is 0 Å². The number of Topliss-reactive ketones (excluding diaryl/α,β-unsaturated/α-hetero) is 1. The van der Waals surface area contributed by atoms with Crippen molar-refractivity contribution >= 4 is 12.1 Å². The van der Waals surface area contributed by atoms with Crippen molar-refractivity contribution in [1.82, 2.24) is 0 Å². The molecule has 3 heteroatoms. The van der Waals surface area contributed by atoms with Crippen LogP contribution in [0.2, 0.25) is 0 Å². The summed E-state index contributed by atoms with van der Waals surface area (Å²) < 4.78 is 5.48. The lowest BCUT2D eigenvalue weighted by Crippen LogP contribution is -2.13. The predicted octanol–water partition coefficient (Wildman–Crippen LogP) is 3.69. The van der Waals surface area contributed by atoms with Gasteiger partial charge in [-0.25, -0.2) is 0 Å². The zero-order valence-corrected chi connectivity index (χ0v) is 12.5. The fourth-order valence-corrected chi connectivity index (χ4v) is 2.13. The SMILES string of the molecule is Cc1cc(C)c(C(=O)COc2ccc(C=O)cc2)cc1C. The van der Waals surface area contributed by atoms with Crippen molar-refractivity contribution in [3.05, 3.63) is 64.2 Å². The third kappa shape index (κ3) is 3.57.